The van der Waals surface area contributed by atoms with Gasteiger partial charge in [0.25, 0.3) is 0 Å². The number of benzene rings is 2. The standard InChI is InChI=1S/C19H20N2O2/c1-2-8-17(19(22)23)21-16-12-7-6-11-15(16)20-18(21)13-14-9-4-3-5-10-14/h3-7,9-12,17H,2,8,13H2,1H3,(H,22,23). The van der Waals surface area contributed by atoms with E-state index in [9.17, 15) is 9.90 Å². The van der Waals surface area contributed by atoms with Crippen molar-refractivity contribution in [2.24, 2.45) is 0 Å². The second kappa shape index (κ2) is 6.65. The highest BCUT2D eigenvalue weighted by Crippen LogP contribution is 2.26. The number of carboxylic acid groups (broad SMARTS) is 1. The number of hydrogen-bond acceptors (Lipinski definition) is 2. The summed E-state index contributed by atoms with van der Waals surface area (Å²) in [4.78, 5) is 16.5. The summed E-state index contributed by atoms with van der Waals surface area (Å²) in [5.41, 5.74) is 2.87. The minimum Gasteiger partial charge on any atom is -0.480 e. The van der Waals surface area contributed by atoms with Crippen LogP contribution < -0.4 is 0 Å². The largest absolute Gasteiger partial charge is 0.480 e. The lowest BCUT2D eigenvalue weighted by atomic mass is 10.1. The maximum atomic E-state index is 11.8. The summed E-state index contributed by atoms with van der Waals surface area (Å²) >= 11 is 0. The molecule has 0 saturated heterocycles. The number of rotatable bonds is 6. The molecule has 0 spiro atoms. The van der Waals surface area contributed by atoms with Gasteiger partial charge in [-0.2, -0.15) is 0 Å². The van der Waals surface area contributed by atoms with E-state index < -0.39 is 12.0 Å². The van der Waals surface area contributed by atoms with Crippen LogP contribution >= 0.6 is 0 Å². The van der Waals surface area contributed by atoms with Crippen molar-refractivity contribution in [3.63, 3.8) is 0 Å². The molecule has 118 valence electrons. The molecule has 1 atom stereocenters. The zero-order chi connectivity index (χ0) is 16.2. The van der Waals surface area contributed by atoms with Gasteiger partial charge in [0.1, 0.15) is 11.9 Å². The smallest absolute Gasteiger partial charge is 0.326 e. The van der Waals surface area contributed by atoms with Crippen LogP contribution in [0.4, 0.5) is 0 Å². The summed E-state index contributed by atoms with van der Waals surface area (Å²) in [6.07, 6.45) is 2.04. The molecule has 0 aliphatic carbocycles. The predicted molar refractivity (Wildman–Crippen MR) is 90.6 cm³/mol. The van der Waals surface area contributed by atoms with Crippen molar-refractivity contribution in [2.75, 3.05) is 0 Å². The number of fused-ring (bicyclic) bond motifs is 1. The Hall–Kier alpha value is -2.62. The molecule has 0 aliphatic heterocycles. The second-order valence-corrected chi connectivity index (χ2v) is 5.69. The topological polar surface area (TPSA) is 55.1 Å². The van der Waals surface area contributed by atoms with Crippen LogP contribution in [0.25, 0.3) is 11.0 Å². The maximum absolute atomic E-state index is 11.8. The van der Waals surface area contributed by atoms with E-state index in [2.05, 4.69) is 0 Å². The number of nitrogens with zero attached hydrogens (tertiary/aromatic N) is 2. The Morgan fingerprint density at radius 1 is 1.13 bits per heavy atom. The van der Waals surface area contributed by atoms with Crippen molar-refractivity contribution < 1.29 is 9.90 Å². The quantitative estimate of drug-likeness (QED) is 0.747. The summed E-state index contributed by atoms with van der Waals surface area (Å²) in [5, 5.41) is 9.68. The number of carbonyl (C=O) groups is 1. The molecule has 3 rings (SSSR count). The van der Waals surface area contributed by atoms with E-state index in [0.29, 0.717) is 12.8 Å². The molecule has 0 radical (unpaired) electrons. The summed E-state index contributed by atoms with van der Waals surface area (Å²) < 4.78 is 1.90. The van der Waals surface area contributed by atoms with Gasteiger partial charge in [-0.25, -0.2) is 9.78 Å². The Morgan fingerprint density at radius 3 is 2.52 bits per heavy atom. The first-order valence-electron chi connectivity index (χ1n) is 7.93. The highest BCUT2D eigenvalue weighted by molar-refractivity contribution is 5.80. The molecule has 0 fully saturated rings. The summed E-state index contributed by atoms with van der Waals surface area (Å²) in [6, 6.07) is 17.2. The van der Waals surface area contributed by atoms with Crippen LogP contribution in [0, 0.1) is 0 Å². The molecule has 2 aromatic carbocycles. The van der Waals surface area contributed by atoms with E-state index in [4.69, 9.17) is 4.98 Å². The lowest BCUT2D eigenvalue weighted by molar-refractivity contribution is -0.141. The summed E-state index contributed by atoms with van der Waals surface area (Å²) in [6.45, 7) is 2.01. The van der Waals surface area contributed by atoms with Crippen molar-refractivity contribution in [2.45, 2.75) is 32.2 Å². The molecule has 3 aromatic rings. The number of imidazole rings is 1. The van der Waals surface area contributed by atoms with Gasteiger partial charge in [-0.3, -0.25) is 0 Å². The average molecular weight is 308 g/mol. The van der Waals surface area contributed by atoms with Crippen LogP contribution in [-0.2, 0) is 11.2 Å². The molecule has 4 nitrogen and oxygen atoms in total. The molecule has 0 amide bonds. The van der Waals surface area contributed by atoms with E-state index in [1.807, 2.05) is 66.1 Å². The third-order valence-electron chi connectivity index (χ3n) is 4.03. The lowest BCUT2D eigenvalue weighted by Crippen LogP contribution is -2.21. The lowest BCUT2D eigenvalue weighted by Gasteiger charge is -2.17. The van der Waals surface area contributed by atoms with E-state index in [1.165, 1.54) is 0 Å². The molecule has 4 heteroatoms. The number of aliphatic carboxylic acids is 1. The van der Waals surface area contributed by atoms with E-state index >= 15 is 0 Å². The number of carboxylic acids is 1. The fourth-order valence-electron chi connectivity index (χ4n) is 2.98. The van der Waals surface area contributed by atoms with Crippen LogP contribution in [0.15, 0.2) is 54.6 Å². The number of aromatic nitrogens is 2. The minimum atomic E-state index is -0.802. The molecule has 1 heterocycles. The SMILES string of the molecule is CCCC(C(=O)O)n1c(Cc2ccccc2)nc2ccccc21. The molecule has 1 unspecified atom stereocenters. The Kier molecular flexibility index (Phi) is 4.42. The van der Waals surface area contributed by atoms with Gasteiger partial charge in [0, 0.05) is 6.42 Å². The van der Waals surface area contributed by atoms with Crippen LogP contribution in [0.3, 0.4) is 0 Å². The van der Waals surface area contributed by atoms with E-state index in [-0.39, 0.29) is 0 Å². The molecule has 0 saturated carbocycles. The van der Waals surface area contributed by atoms with Gasteiger partial charge < -0.3 is 9.67 Å². The summed E-state index contributed by atoms with van der Waals surface area (Å²) in [7, 11) is 0. The number of hydrogen-bond donors (Lipinski definition) is 1. The van der Waals surface area contributed by atoms with Gasteiger partial charge in [-0.1, -0.05) is 55.8 Å². The first-order valence-corrected chi connectivity index (χ1v) is 7.93. The first-order chi connectivity index (χ1) is 11.2. The van der Waals surface area contributed by atoms with Gasteiger partial charge in [-0.15, -0.1) is 0 Å². The zero-order valence-electron chi connectivity index (χ0n) is 13.1. The van der Waals surface area contributed by atoms with Crippen molar-refractivity contribution in [1.29, 1.82) is 0 Å². The van der Waals surface area contributed by atoms with Crippen molar-refractivity contribution >= 4 is 17.0 Å². The Bertz CT molecular complexity index is 809. The molecular formula is C19H20N2O2. The van der Waals surface area contributed by atoms with E-state index in [1.54, 1.807) is 0 Å². The van der Waals surface area contributed by atoms with Gasteiger partial charge in [-0.05, 0) is 24.1 Å². The van der Waals surface area contributed by atoms with Crippen LogP contribution in [-0.4, -0.2) is 20.6 Å². The Balaban J connectivity index is 2.12. The van der Waals surface area contributed by atoms with Crippen LogP contribution in [0.2, 0.25) is 0 Å². The third-order valence-corrected chi connectivity index (χ3v) is 4.03. The van der Waals surface area contributed by atoms with Gasteiger partial charge >= 0.3 is 5.97 Å². The van der Waals surface area contributed by atoms with Crippen LogP contribution in [0.1, 0.15) is 37.2 Å². The molecule has 1 aromatic heterocycles. The highest BCUT2D eigenvalue weighted by Gasteiger charge is 2.24. The summed E-state index contributed by atoms with van der Waals surface area (Å²) in [5.74, 6) is 0.00237. The van der Waals surface area contributed by atoms with Gasteiger partial charge in [0.05, 0.1) is 11.0 Å². The highest BCUT2D eigenvalue weighted by atomic mass is 16.4. The minimum absolute atomic E-state index is 0.578. The third kappa shape index (κ3) is 3.11. The van der Waals surface area contributed by atoms with Crippen molar-refractivity contribution in [3.05, 3.63) is 66.0 Å². The molecule has 1 N–H and O–H groups in total. The predicted octanol–water partition coefficient (Wildman–Crippen LogP) is 4.05. The average Bonchev–Trinajstić information content (AvgIpc) is 2.91. The fourth-order valence-corrected chi connectivity index (χ4v) is 2.98. The Labute approximate surface area is 135 Å². The van der Waals surface area contributed by atoms with Crippen molar-refractivity contribution in [1.82, 2.24) is 9.55 Å². The monoisotopic (exact) mass is 308 g/mol. The van der Waals surface area contributed by atoms with Crippen LogP contribution in [0.5, 0.6) is 0 Å². The van der Waals surface area contributed by atoms with Crippen molar-refractivity contribution in [3.8, 4) is 0 Å². The molecule has 23 heavy (non-hydrogen) atoms. The molecular weight excluding hydrogens is 288 g/mol. The van der Waals surface area contributed by atoms with E-state index in [0.717, 1.165) is 28.8 Å². The maximum Gasteiger partial charge on any atom is 0.326 e. The normalized spacial score (nSPS) is 12.4. The molecule has 0 bridgehead atoms. The molecule has 0 aliphatic rings. The Morgan fingerprint density at radius 2 is 1.83 bits per heavy atom. The van der Waals surface area contributed by atoms with Gasteiger partial charge in [0.2, 0.25) is 0 Å². The fraction of sp³-hybridized carbons (Fsp3) is 0.263. The second-order valence-electron chi connectivity index (χ2n) is 5.69. The number of para-hydroxylation sites is 2. The zero-order valence-corrected chi connectivity index (χ0v) is 13.1. The first kappa shape index (κ1) is 15.3. The van der Waals surface area contributed by atoms with Gasteiger partial charge in [0.15, 0.2) is 0 Å².